The van der Waals surface area contributed by atoms with Gasteiger partial charge in [-0.1, -0.05) is 66.7 Å². The summed E-state index contributed by atoms with van der Waals surface area (Å²) in [6, 6.07) is 24.4. The fraction of sp³-hybridized carbons (Fsp3) is 0.231. The summed E-state index contributed by atoms with van der Waals surface area (Å²) in [5.74, 6) is -0.0625. The number of amides is 1. The van der Waals surface area contributed by atoms with Crippen molar-refractivity contribution in [2.75, 3.05) is 26.2 Å². The number of carbonyl (C=O) groups excluding carboxylic acids is 1. The Bertz CT molecular complexity index is 1090. The molecule has 0 bridgehead atoms. The van der Waals surface area contributed by atoms with E-state index >= 15 is 0 Å². The van der Waals surface area contributed by atoms with Crippen LogP contribution in [0.2, 0.25) is 0 Å². The molecule has 0 N–H and O–H groups in total. The molecule has 1 amide bonds. The van der Waals surface area contributed by atoms with E-state index in [2.05, 4.69) is 52.1 Å². The van der Waals surface area contributed by atoms with Crippen LogP contribution in [0.5, 0.6) is 0 Å². The van der Waals surface area contributed by atoms with Crippen LogP contribution in [0, 0.1) is 0 Å². The maximum absolute atomic E-state index is 13.6. The highest BCUT2D eigenvalue weighted by Crippen LogP contribution is 2.29. The van der Waals surface area contributed by atoms with Gasteiger partial charge in [-0.05, 0) is 22.6 Å². The van der Waals surface area contributed by atoms with Gasteiger partial charge in [-0.3, -0.25) is 9.69 Å². The summed E-state index contributed by atoms with van der Waals surface area (Å²) in [5, 5.41) is 5.37. The van der Waals surface area contributed by atoms with Crippen LogP contribution in [0.25, 0.3) is 10.6 Å². The summed E-state index contributed by atoms with van der Waals surface area (Å²) in [6.07, 6.45) is 0. The summed E-state index contributed by atoms with van der Waals surface area (Å²) in [4.78, 5) is 24.1. The Kier molecular flexibility index (Phi) is 6.44. The largest absolute Gasteiger partial charge is 0.339 e. The third kappa shape index (κ3) is 4.67. The Labute approximate surface area is 196 Å². The number of rotatable bonds is 6. The van der Waals surface area contributed by atoms with Gasteiger partial charge < -0.3 is 4.90 Å². The van der Waals surface area contributed by atoms with Crippen molar-refractivity contribution < 1.29 is 4.79 Å². The second-order valence-corrected chi connectivity index (χ2v) is 9.85. The molecule has 1 aliphatic heterocycles. The fourth-order valence-electron chi connectivity index (χ4n) is 4.19. The first-order valence-corrected chi connectivity index (χ1v) is 12.6. The zero-order valence-electron chi connectivity index (χ0n) is 17.8. The van der Waals surface area contributed by atoms with Gasteiger partial charge in [0.15, 0.2) is 0 Å². The molecule has 0 atom stereocenters. The van der Waals surface area contributed by atoms with Gasteiger partial charge in [-0.25, -0.2) is 4.98 Å². The molecule has 0 spiro atoms. The third-order valence-corrected chi connectivity index (χ3v) is 7.61. The van der Waals surface area contributed by atoms with Crippen LogP contribution < -0.4 is 0 Å². The highest BCUT2D eigenvalue weighted by molar-refractivity contribution is 7.14. The molecule has 162 valence electrons. The number of benzene rings is 2. The van der Waals surface area contributed by atoms with E-state index in [1.54, 1.807) is 22.7 Å². The highest BCUT2D eigenvalue weighted by atomic mass is 32.1. The predicted molar refractivity (Wildman–Crippen MR) is 132 cm³/mol. The van der Waals surface area contributed by atoms with E-state index in [1.807, 2.05) is 41.3 Å². The van der Waals surface area contributed by atoms with Gasteiger partial charge in [0.05, 0.1) is 23.0 Å². The van der Waals surface area contributed by atoms with Crippen molar-refractivity contribution in [1.29, 1.82) is 0 Å². The monoisotopic (exact) mass is 459 g/mol. The number of thiophene rings is 1. The maximum Gasteiger partial charge on any atom is 0.234 e. The summed E-state index contributed by atoms with van der Waals surface area (Å²) >= 11 is 3.45. The molecule has 1 saturated heterocycles. The molecule has 0 radical (unpaired) electrons. The lowest BCUT2D eigenvalue weighted by molar-refractivity contribution is -0.133. The van der Waals surface area contributed by atoms with E-state index in [0.717, 1.165) is 54.6 Å². The summed E-state index contributed by atoms with van der Waals surface area (Å²) in [7, 11) is 0. The Morgan fingerprint density at radius 2 is 1.50 bits per heavy atom. The molecule has 1 fully saturated rings. The van der Waals surface area contributed by atoms with Crippen LogP contribution >= 0.6 is 22.7 Å². The second-order valence-electron chi connectivity index (χ2n) is 7.96. The number of carbonyl (C=O) groups is 1. The lowest BCUT2D eigenvalue weighted by Gasteiger charge is -2.36. The predicted octanol–water partition coefficient (Wildman–Crippen LogP) is 5.35. The van der Waals surface area contributed by atoms with E-state index < -0.39 is 0 Å². The Hall–Kier alpha value is -2.80. The minimum Gasteiger partial charge on any atom is -0.339 e. The van der Waals surface area contributed by atoms with E-state index in [-0.39, 0.29) is 11.8 Å². The summed E-state index contributed by atoms with van der Waals surface area (Å²) in [5.41, 5.74) is 3.17. The number of hydrogen-bond acceptors (Lipinski definition) is 5. The van der Waals surface area contributed by atoms with E-state index in [4.69, 9.17) is 4.98 Å². The van der Waals surface area contributed by atoms with Crippen LogP contribution in [0.3, 0.4) is 0 Å². The number of hydrogen-bond donors (Lipinski definition) is 0. The van der Waals surface area contributed by atoms with Crippen LogP contribution in [0.4, 0.5) is 0 Å². The van der Waals surface area contributed by atoms with Gasteiger partial charge >= 0.3 is 0 Å². The topological polar surface area (TPSA) is 36.4 Å². The molecule has 4 aromatic rings. The molecule has 0 saturated carbocycles. The number of aromatic nitrogens is 1. The molecule has 4 nitrogen and oxygen atoms in total. The van der Waals surface area contributed by atoms with Crippen molar-refractivity contribution in [3.8, 4) is 10.6 Å². The molecule has 2 aromatic carbocycles. The Morgan fingerprint density at radius 3 is 2.09 bits per heavy atom. The molecular weight excluding hydrogens is 434 g/mol. The van der Waals surface area contributed by atoms with Crippen molar-refractivity contribution in [3.05, 3.63) is 99.7 Å². The fourth-order valence-corrected chi connectivity index (χ4v) is 5.79. The highest BCUT2D eigenvalue weighted by Gasteiger charge is 2.30. The molecule has 5 rings (SSSR count). The molecule has 0 aliphatic carbocycles. The summed E-state index contributed by atoms with van der Waals surface area (Å²) in [6.45, 7) is 4.08. The first kappa shape index (κ1) is 21.1. The summed E-state index contributed by atoms with van der Waals surface area (Å²) < 4.78 is 0. The molecule has 6 heteroatoms. The van der Waals surface area contributed by atoms with Crippen LogP contribution in [0.15, 0.2) is 83.6 Å². The number of piperazine rings is 1. The molecule has 0 unspecified atom stereocenters. The lowest BCUT2D eigenvalue weighted by Crippen LogP contribution is -2.49. The van der Waals surface area contributed by atoms with E-state index in [0.29, 0.717) is 0 Å². The quantitative estimate of drug-likeness (QED) is 0.390. The van der Waals surface area contributed by atoms with Crippen LogP contribution in [-0.4, -0.2) is 46.9 Å². The van der Waals surface area contributed by atoms with E-state index in [9.17, 15) is 4.79 Å². The lowest BCUT2D eigenvalue weighted by atomic mass is 9.90. The van der Waals surface area contributed by atoms with Gasteiger partial charge in [0.2, 0.25) is 5.91 Å². The SMILES string of the molecule is O=C(C(c1ccccc1)c1ccccc1)N1CCN(Cc2nc(-c3cccs3)cs2)CC1. The van der Waals surface area contributed by atoms with Gasteiger partial charge in [-0.2, -0.15) is 0 Å². The zero-order chi connectivity index (χ0) is 21.8. The number of thiazole rings is 1. The number of nitrogens with zero attached hydrogens (tertiary/aromatic N) is 3. The Morgan fingerprint density at radius 1 is 0.844 bits per heavy atom. The smallest absolute Gasteiger partial charge is 0.234 e. The zero-order valence-corrected chi connectivity index (χ0v) is 19.4. The van der Waals surface area contributed by atoms with Crippen molar-refractivity contribution in [2.24, 2.45) is 0 Å². The average Bonchev–Trinajstić information content (AvgIpc) is 3.53. The standard InChI is InChI=1S/C26H25N3OS2/c30-26(25(20-8-3-1-4-9-20)21-10-5-2-6-11-21)29-15-13-28(14-16-29)18-24-27-22(19-32-24)23-12-7-17-31-23/h1-12,17,19,25H,13-16,18H2. The van der Waals surface area contributed by atoms with Gasteiger partial charge in [0.1, 0.15) is 5.01 Å². The molecule has 2 aromatic heterocycles. The Balaban J connectivity index is 1.24. The van der Waals surface area contributed by atoms with Gasteiger partial charge in [0, 0.05) is 31.6 Å². The van der Waals surface area contributed by atoms with Crippen molar-refractivity contribution in [3.63, 3.8) is 0 Å². The first-order valence-electron chi connectivity index (χ1n) is 10.9. The van der Waals surface area contributed by atoms with Crippen LogP contribution in [0.1, 0.15) is 22.1 Å². The van der Waals surface area contributed by atoms with Crippen molar-refractivity contribution in [1.82, 2.24) is 14.8 Å². The minimum atomic E-state index is -0.253. The third-order valence-electron chi connectivity index (χ3n) is 5.88. The van der Waals surface area contributed by atoms with Gasteiger partial charge in [0.25, 0.3) is 0 Å². The molecular formula is C26H25N3OS2. The molecule has 1 aliphatic rings. The molecule has 32 heavy (non-hydrogen) atoms. The van der Waals surface area contributed by atoms with Crippen molar-refractivity contribution >= 4 is 28.6 Å². The molecule has 3 heterocycles. The van der Waals surface area contributed by atoms with Crippen molar-refractivity contribution in [2.45, 2.75) is 12.5 Å². The second kappa shape index (κ2) is 9.77. The first-order chi connectivity index (χ1) is 15.8. The van der Waals surface area contributed by atoms with Gasteiger partial charge in [-0.15, -0.1) is 22.7 Å². The normalized spacial score (nSPS) is 14.7. The van der Waals surface area contributed by atoms with E-state index in [1.165, 1.54) is 4.88 Å². The average molecular weight is 460 g/mol. The minimum absolute atomic E-state index is 0.191. The maximum atomic E-state index is 13.6. The van der Waals surface area contributed by atoms with Crippen LogP contribution in [-0.2, 0) is 11.3 Å².